The third kappa shape index (κ3) is 4.28. The van der Waals surface area contributed by atoms with Crippen LogP contribution in [0.3, 0.4) is 0 Å². The molecule has 4 aromatic heterocycles. The van der Waals surface area contributed by atoms with E-state index in [0.717, 1.165) is 5.56 Å². The van der Waals surface area contributed by atoms with Crippen molar-refractivity contribution in [1.29, 1.82) is 0 Å². The Labute approximate surface area is 169 Å². The highest BCUT2D eigenvalue weighted by Crippen LogP contribution is 2.25. The number of fused-ring (bicyclic) bond motifs is 1. The Kier molecular flexibility index (Phi) is 5.66. The zero-order chi connectivity index (χ0) is 20.9. The van der Waals surface area contributed by atoms with Gasteiger partial charge in [-0.1, -0.05) is 6.07 Å². The number of hydrogen-bond donors (Lipinski definition) is 1. The summed E-state index contributed by atoms with van der Waals surface area (Å²) in [5.41, 5.74) is 4.79. The number of halogens is 2. The molecule has 1 N–H and O–H groups in total. The first-order valence-corrected chi connectivity index (χ1v) is 8.98. The van der Waals surface area contributed by atoms with Crippen LogP contribution in [0, 0.1) is 0 Å². The van der Waals surface area contributed by atoms with Gasteiger partial charge in [0.25, 0.3) is 12.3 Å². The fraction of sp³-hybridized carbons (Fsp3) is 0.150. The van der Waals surface area contributed by atoms with E-state index < -0.39 is 18.9 Å². The van der Waals surface area contributed by atoms with Crippen molar-refractivity contribution < 1.29 is 18.4 Å². The van der Waals surface area contributed by atoms with Crippen LogP contribution in [0.25, 0.3) is 22.3 Å². The van der Waals surface area contributed by atoms with Crippen LogP contribution in [-0.2, 0) is 11.4 Å². The molecule has 1 amide bonds. The molecule has 0 aliphatic rings. The molecule has 0 aromatic carbocycles. The van der Waals surface area contributed by atoms with Gasteiger partial charge in [-0.15, -0.1) is 0 Å². The minimum absolute atomic E-state index is 0.200. The summed E-state index contributed by atoms with van der Waals surface area (Å²) in [5, 5.41) is 4.81. The molecule has 30 heavy (non-hydrogen) atoms. The first-order chi connectivity index (χ1) is 14.6. The molecule has 0 aliphatic carbocycles. The third-order valence-corrected chi connectivity index (χ3v) is 4.24. The van der Waals surface area contributed by atoms with Crippen LogP contribution in [0.2, 0.25) is 0 Å². The molecule has 0 fully saturated rings. The maximum absolute atomic E-state index is 12.6. The number of carbonyl (C=O) groups excluding carboxylic acids is 1. The summed E-state index contributed by atoms with van der Waals surface area (Å²) in [6.07, 6.45) is 5.44. The van der Waals surface area contributed by atoms with Crippen LogP contribution >= 0.6 is 0 Å². The molecule has 0 radical (unpaired) electrons. The van der Waals surface area contributed by atoms with Crippen molar-refractivity contribution in [3.8, 4) is 11.3 Å². The molecule has 4 heterocycles. The predicted octanol–water partition coefficient (Wildman–Crippen LogP) is 2.86. The Balaban J connectivity index is 1.76. The fourth-order valence-corrected chi connectivity index (χ4v) is 2.90. The van der Waals surface area contributed by atoms with E-state index in [0.29, 0.717) is 28.8 Å². The number of rotatable bonds is 7. The average molecular weight is 410 g/mol. The summed E-state index contributed by atoms with van der Waals surface area (Å²) in [6.45, 7) is -0.514. The van der Waals surface area contributed by atoms with Gasteiger partial charge >= 0.3 is 0 Å². The van der Waals surface area contributed by atoms with Gasteiger partial charge in [0.15, 0.2) is 5.65 Å². The zero-order valence-electron chi connectivity index (χ0n) is 15.6. The minimum atomic E-state index is -2.70. The van der Waals surface area contributed by atoms with Gasteiger partial charge in [0.05, 0.1) is 29.4 Å². The maximum Gasteiger partial charge on any atom is 0.275 e. The fourth-order valence-electron chi connectivity index (χ4n) is 2.90. The smallest absolute Gasteiger partial charge is 0.267 e. The van der Waals surface area contributed by atoms with Crippen molar-refractivity contribution in [3.63, 3.8) is 0 Å². The average Bonchev–Trinajstić information content (AvgIpc) is 3.16. The van der Waals surface area contributed by atoms with Crippen LogP contribution in [0.5, 0.6) is 0 Å². The standard InChI is InChI=1S/C20H16F2N6O2/c21-18(22)12-30-27-20(29)15-7-17(14-4-2-6-24-9-14)26-19-16(15)10-25-28(19)11-13-3-1-5-23-8-13/h1-10,18H,11-12H2,(H,27,29). The molecule has 8 nitrogen and oxygen atoms in total. The molecule has 0 atom stereocenters. The Morgan fingerprint density at radius 1 is 1.13 bits per heavy atom. The van der Waals surface area contributed by atoms with Gasteiger partial charge in [0.2, 0.25) is 0 Å². The summed E-state index contributed by atoms with van der Waals surface area (Å²) in [5.74, 6) is -0.672. The van der Waals surface area contributed by atoms with Crippen molar-refractivity contribution in [2.45, 2.75) is 13.0 Å². The number of aromatic nitrogens is 5. The molecule has 10 heteroatoms. The lowest BCUT2D eigenvalue weighted by Crippen LogP contribution is -2.26. The van der Waals surface area contributed by atoms with E-state index in [4.69, 9.17) is 0 Å². The van der Waals surface area contributed by atoms with Gasteiger partial charge < -0.3 is 0 Å². The van der Waals surface area contributed by atoms with Crippen LogP contribution in [0.4, 0.5) is 8.78 Å². The number of carbonyl (C=O) groups is 1. The van der Waals surface area contributed by atoms with Gasteiger partial charge in [-0.05, 0) is 29.8 Å². The molecule has 0 spiro atoms. The predicted molar refractivity (Wildman–Crippen MR) is 104 cm³/mol. The molecule has 0 saturated carbocycles. The largest absolute Gasteiger partial charge is 0.275 e. The molecular formula is C20H16F2N6O2. The van der Waals surface area contributed by atoms with Crippen molar-refractivity contribution in [2.24, 2.45) is 0 Å². The van der Waals surface area contributed by atoms with E-state index in [1.807, 2.05) is 12.1 Å². The number of amides is 1. The summed E-state index contributed by atoms with van der Waals surface area (Å²) in [7, 11) is 0. The summed E-state index contributed by atoms with van der Waals surface area (Å²) < 4.78 is 26.3. The molecule has 0 saturated heterocycles. The van der Waals surface area contributed by atoms with E-state index in [1.165, 1.54) is 6.20 Å². The second-order valence-corrected chi connectivity index (χ2v) is 6.33. The molecular weight excluding hydrogens is 394 g/mol. The van der Waals surface area contributed by atoms with Gasteiger partial charge in [-0.3, -0.25) is 19.6 Å². The summed E-state index contributed by atoms with van der Waals surface area (Å²) in [6, 6.07) is 8.82. The highest BCUT2D eigenvalue weighted by molar-refractivity contribution is 6.06. The lowest BCUT2D eigenvalue weighted by molar-refractivity contribution is -0.0252. The van der Waals surface area contributed by atoms with Crippen LogP contribution in [0.1, 0.15) is 15.9 Å². The molecule has 152 valence electrons. The number of pyridine rings is 3. The van der Waals surface area contributed by atoms with Crippen molar-refractivity contribution in [3.05, 3.63) is 72.4 Å². The van der Waals surface area contributed by atoms with Crippen molar-refractivity contribution >= 4 is 16.9 Å². The monoisotopic (exact) mass is 410 g/mol. The first kappa shape index (κ1) is 19.5. The number of nitrogens with one attached hydrogen (secondary N) is 1. The van der Waals surface area contributed by atoms with E-state index >= 15 is 0 Å². The van der Waals surface area contributed by atoms with Gasteiger partial charge in [0.1, 0.15) is 6.61 Å². The second-order valence-electron chi connectivity index (χ2n) is 6.33. The van der Waals surface area contributed by atoms with E-state index in [-0.39, 0.29) is 5.56 Å². The number of nitrogens with zero attached hydrogens (tertiary/aromatic N) is 5. The minimum Gasteiger partial charge on any atom is -0.267 e. The summed E-state index contributed by atoms with van der Waals surface area (Å²) >= 11 is 0. The summed E-state index contributed by atoms with van der Waals surface area (Å²) in [4.78, 5) is 30.0. The lowest BCUT2D eigenvalue weighted by Gasteiger charge is -2.10. The lowest BCUT2D eigenvalue weighted by atomic mass is 10.1. The van der Waals surface area contributed by atoms with Gasteiger partial charge in [-0.25, -0.2) is 23.9 Å². The van der Waals surface area contributed by atoms with Gasteiger partial charge in [-0.2, -0.15) is 5.10 Å². The van der Waals surface area contributed by atoms with E-state index in [9.17, 15) is 13.6 Å². The topological polar surface area (TPSA) is 94.8 Å². The number of hydroxylamine groups is 1. The molecule has 4 aromatic rings. The van der Waals surface area contributed by atoms with Crippen LogP contribution in [-0.4, -0.2) is 43.7 Å². The number of hydrogen-bond acceptors (Lipinski definition) is 6. The van der Waals surface area contributed by atoms with Gasteiger partial charge in [0, 0.05) is 30.4 Å². The first-order valence-electron chi connectivity index (χ1n) is 8.98. The van der Waals surface area contributed by atoms with E-state index in [2.05, 4.69) is 30.4 Å². The molecule has 0 unspecified atom stereocenters. The second kappa shape index (κ2) is 8.70. The highest BCUT2D eigenvalue weighted by Gasteiger charge is 2.18. The van der Waals surface area contributed by atoms with E-state index in [1.54, 1.807) is 47.7 Å². The number of alkyl halides is 2. The highest BCUT2D eigenvalue weighted by atomic mass is 19.3. The zero-order valence-corrected chi connectivity index (χ0v) is 15.6. The molecule has 0 bridgehead atoms. The van der Waals surface area contributed by atoms with Crippen molar-refractivity contribution in [2.75, 3.05) is 6.61 Å². The Morgan fingerprint density at radius 3 is 2.63 bits per heavy atom. The molecule has 0 aliphatic heterocycles. The van der Waals surface area contributed by atoms with Crippen LogP contribution < -0.4 is 5.48 Å². The van der Waals surface area contributed by atoms with Crippen molar-refractivity contribution in [1.82, 2.24) is 30.2 Å². The Bertz CT molecular complexity index is 1150. The van der Waals surface area contributed by atoms with Crippen LogP contribution in [0.15, 0.2) is 61.3 Å². The SMILES string of the molecule is O=C(NOCC(F)F)c1cc(-c2cccnc2)nc2c1cnn2Cc1cccnc1. The Morgan fingerprint density at radius 2 is 1.93 bits per heavy atom. The maximum atomic E-state index is 12.6. The molecule has 4 rings (SSSR count). The normalized spacial score (nSPS) is 11.2. The quantitative estimate of drug-likeness (QED) is 0.471. The third-order valence-electron chi connectivity index (χ3n) is 4.24. The Hall–Kier alpha value is -3.79.